The Labute approximate surface area is 365 Å². The summed E-state index contributed by atoms with van der Waals surface area (Å²) in [4.78, 5) is 44.5. The van der Waals surface area contributed by atoms with E-state index in [0.29, 0.717) is 67.6 Å². The van der Waals surface area contributed by atoms with E-state index in [1.54, 1.807) is 19.2 Å². The molecule has 2 spiro atoms. The summed E-state index contributed by atoms with van der Waals surface area (Å²) in [5, 5.41) is 12.4. The molecule has 338 valence electrons. The first-order chi connectivity index (χ1) is 28.3. The number of amides is 3. The first-order valence-electron chi connectivity index (χ1n) is 22.0. The summed E-state index contributed by atoms with van der Waals surface area (Å²) in [5.41, 5.74) is 8.92. The monoisotopic (exact) mass is 880 g/mol. The molecule has 0 radical (unpaired) electrons. The van der Waals surface area contributed by atoms with Gasteiger partial charge in [0.25, 0.3) is 11.8 Å². The molecule has 2 saturated carbocycles. The quantitative estimate of drug-likeness (QED) is 0.0842. The van der Waals surface area contributed by atoms with Gasteiger partial charge in [0, 0.05) is 24.8 Å². The van der Waals surface area contributed by atoms with E-state index in [-0.39, 0.29) is 62.7 Å². The first-order valence-corrected chi connectivity index (χ1v) is 27.9. The Balaban J connectivity index is 1.13. The van der Waals surface area contributed by atoms with E-state index >= 15 is 0 Å². The van der Waals surface area contributed by atoms with Crippen LogP contribution in [0.2, 0.25) is 36.3 Å². The molecule has 2 saturated heterocycles. The van der Waals surface area contributed by atoms with Crippen LogP contribution in [0.25, 0.3) is 0 Å². The topological polar surface area (TPSA) is 162 Å². The van der Waals surface area contributed by atoms with Crippen molar-refractivity contribution in [2.45, 2.75) is 141 Å². The number of likely N-dealkylation sites (tertiary alicyclic amines) is 2. The number of ether oxygens (including phenoxy) is 3. The molecule has 4 aliphatic rings. The van der Waals surface area contributed by atoms with Crippen molar-refractivity contribution in [1.29, 1.82) is 0 Å². The number of carboxylic acid groups (broad SMARTS) is 1. The lowest BCUT2D eigenvalue weighted by Gasteiger charge is -2.38. The molecular weight excluding hydrogens is 809 g/mol. The molecule has 2 aliphatic heterocycles. The third-order valence-electron chi connectivity index (χ3n) is 14.9. The number of carbonyl (C=O) groups excluding carboxylic acids is 2. The number of nitrogens with zero attached hydrogens (tertiary/aromatic N) is 2. The first kappa shape index (κ1) is 46.7. The highest BCUT2D eigenvalue weighted by Crippen LogP contribution is 2.56. The molecule has 2 aromatic carbocycles. The van der Waals surface area contributed by atoms with E-state index in [4.69, 9.17) is 28.8 Å². The predicted octanol–water partition coefficient (Wildman–Crippen LogP) is 9.42. The third-order valence-corrected chi connectivity index (χ3v) is 23.9. The SMILES string of the molecule is COc1cc(C(=O)N2CC3(CC3)C[C@H]2CO[Si](C)(C)C(C)(C)C)c(N)cc1CCCOc1cc(NC(=O)O)c(C(=O)N2CC3(CC3)C[C@H]2CO[Si](C)(C)C(C)(C)C)cc1OC. The zero-order valence-corrected chi connectivity index (χ0v) is 40.8. The van der Waals surface area contributed by atoms with Crippen LogP contribution in [0, 0.1) is 10.8 Å². The van der Waals surface area contributed by atoms with E-state index in [9.17, 15) is 19.5 Å². The Morgan fingerprint density at radius 1 is 0.754 bits per heavy atom. The lowest BCUT2D eigenvalue weighted by atomic mass is 10.0. The summed E-state index contributed by atoms with van der Waals surface area (Å²) in [7, 11) is -0.983. The average Bonchev–Trinajstić information content (AvgIpc) is 4.04. The van der Waals surface area contributed by atoms with Crippen molar-refractivity contribution < 1.29 is 42.6 Å². The highest BCUT2D eigenvalue weighted by molar-refractivity contribution is 6.74. The minimum absolute atomic E-state index is 0.000650. The van der Waals surface area contributed by atoms with Gasteiger partial charge < -0.3 is 43.7 Å². The van der Waals surface area contributed by atoms with Crippen molar-refractivity contribution >= 4 is 45.9 Å². The number of rotatable bonds is 16. The van der Waals surface area contributed by atoms with E-state index in [1.807, 2.05) is 15.9 Å². The normalized spacial score (nSPS) is 20.6. The van der Waals surface area contributed by atoms with Gasteiger partial charge in [0.1, 0.15) is 5.75 Å². The Morgan fingerprint density at radius 3 is 1.67 bits per heavy atom. The molecule has 13 nitrogen and oxygen atoms in total. The fraction of sp³-hybridized carbons (Fsp3) is 0.674. The summed E-state index contributed by atoms with van der Waals surface area (Å²) in [5.74, 6) is 0.841. The van der Waals surface area contributed by atoms with Crippen LogP contribution < -0.4 is 25.3 Å². The zero-order valence-electron chi connectivity index (χ0n) is 38.8. The van der Waals surface area contributed by atoms with E-state index in [0.717, 1.165) is 44.1 Å². The van der Waals surface area contributed by atoms with Crippen LogP contribution in [-0.2, 0) is 15.3 Å². The number of aryl methyl sites for hydroxylation is 1. The number of hydrogen-bond acceptors (Lipinski definition) is 9. The molecule has 0 bridgehead atoms. The number of hydrogen-bond donors (Lipinski definition) is 3. The molecule has 2 aromatic rings. The molecule has 4 fully saturated rings. The van der Waals surface area contributed by atoms with Gasteiger partial charge in [-0.25, -0.2) is 4.79 Å². The van der Waals surface area contributed by atoms with Crippen molar-refractivity contribution in [3.8, 4) is 17.2 Å². The molecule has 2 heterocycles. The Hall–Kier alpha value is -3.80. The van der Waals surface area contributed by atoms with Crippen LogP contribution in [0.15, 0.2) is 24.3 Å². The largest absolute Gasteiger partial charge is 0.496 e. The molecule has 61 heavy (non-hydrogen) atoms. The van der Waals surface area contributed by atoms with Crippen LogP contribution in [-0.4, -0.2) is 109 Å². The number of methoxy groups -OCH3 is 2. The number of nitrogens with one attached hydrogen (secondary N) is 1. The summed E-state index contributed by atoms with van der Waals surface area (Å²) in [6.07, 6.45) is 6.00. The molecule has 3 amide bonds. The highest BCUT2D eigenvalue weighted by Gasteiger charge is 2.55. The maximum atomic E-state index is 14.4. The number of nitrogen functional groups attached to an aromatic ring is 1. The van der Waals surface area contributed by atoms with Gasteiger partial charge in [-0.15, -0.1) is 0 Å². The van der Waals surface area contributed by atoms with Crippen molar-refractivity contribution in [1.82, 2.24) is 9.80 Å². The van der Waals surface area contributed by atoms with Gasteiger partial charge in [0.05, 0.1) is 62.9 Å². The lowest BCUT2D eigenvalue weighted by molar-refractivity contribution is 0.0674. The predicted molar refractivity (Wildman–Crippen MR) is 244 cm³/mol. The number of carbonyl (C=O) groups is 3. The fourth-order valence-corrected chi connectivity index (χ4v) is 10.5. The van der Waals surface area contributed by atoms with Gasteiger partial charge in [-0.2, -0.15) is 0 Å². The average molecular weight is 881 g/mol. The fourth-order valence-electron chi connectivity index (χ4n) is 8.42. The van der Waals surface area contributed by atoms with E-state index < -0.39 is 22.7 Å². The van der Waals surface area contributed by atoms with Crippen LogP contribution in [0.1, 0.15) is 113 Å². The van der Waals surface area contributed by atoms with Crippen LogP contribution in [0.5, 0.6) is 17.2 Å². The number of benzene rings is 2. The van der Waals surface area contributed by atoms with Gasteiger partial charge in [-0.1, -0.05) is 41.5 Å². The molecule has 0 aromatic heterocycles. The Kier molecular flexibility index (Phi) is 13.1. The number of nitrogens with two attached hydrogens (primary N) is 1. The van der Waals surface area contributed by atoms with Crippen molar-refractivity contribution in [2.24, 2.45) is 10.8 Å². The zero-order chi connectivity index (χ0) is 44.9. The second-order valence-corrected chi connectivity index (χ2v) is 31.0. The number of anilines is 2. The van der Waals surface area contributed by atoms with Gasteiger partial charge >= 0.3 is 6.09 Å². The Bertz CT molecular complexity index is 1980. The van der Waals surface area contributed by atoms with Crippen LogP contribution in [0.4, 0.5) is 16.2 Å². The second kappa shape index (κ2) is 17.1. The summed E-state index contributed by atoms with van der Waals surface area (Å²) < 4.78 is 31.0. The standard InChI is InChI=1S/C46H72N4O9Si2/c1-43(2,3)60(9,10)58-26-31-24-45(15-16-45)28-49(31)40(51)33-21-37(55-7)30(20-35(33)47)14-13-19-57-39-23-36(48-42(53)54)34(22-38(39)56-8)41(52)50-29-46(17-18-46)25-32(50)27-59-61(11,12)44(4,5)6/h20-23,31-32,48H,13-19,24-29,47H2,1-12H3,(H,53,54)/t31-,32-/m0/s1. The van der Waals surface area contributed by atoms with E-state index in [2.05, 4.69) is 73.0 Å². The van der Waals surface area contributed by atoms with Crippen LogP contribution in [0.3, 0.4) is 0 Å². The lowest BCUT2D eigenvalue weighted by Crippen LogP contribution is -2.46. The van der Waals surface area contributed by atoms with Crippen molar-refractivity contribution in [2.75, 3.05) is 58.2 Å². The molecule has 0 unspecified atom stereocenters. The molecule has 2 atom stereocenters. The maximum Gasteiger partial charge on any atom is 0.409 e. The molecule has 15 heteroatoms. The second-order valence-electron chi connectivity index (χ2n) is 21.4. The minimum Gasteiger partial charge on any atom is -0.496 e. The third kappa shape index (κ3) is 10.2. The smallest absolute Gasteiger partial charge is 0.409 e. The Morgan fingerprint density at radius 2 is 1.23 bits per heavy atom. The summed E-state index contributed by atoms with van der Waals surface area (Å²) in [6.45, 7) is 24.8. The van der Waals surface area contributed by atoms with Crippen LogP contribution >= 0.6 is 0 Å². The summed E-state index contributed by atoms with van der Waals surface area (Å²) in [6, 6.07) is 6.57. The molecule has 4 N–H and O–H groups in total. The maximum absolute atomic E-state index is 14.4. The van der Waals surface area contributed by atoms with Gasteiger partial charge in [0.2, 0.25) is 0 Å². The molecular formula is C46H72N4O9Si2. The van der Waals surface area contributed by atoms with E-state index in [1.165, 1.54) is 13.2 Å². The van der Waals surface area contributed by atoms with Crippen molar-refractivity contribution in [3.63, 3.8) is 0 Å². The van der Waals surface area contributed by atoms with Gasteiger partial charge in [-0.05, 0) is 122 Å². The molecule has 6 rings (SSSR count). The van der Waals surface area contributed by atoms with Gasteiger partial charge in [-0.3, -0.25) is 14.9 Å². The van der Waals surface area contributed by atoms with Crippen molar-refractivity contribution in [3.05, 3.63) is 41.0 Å². The minimum atomic E-state index is -2.07. The summed E-state index contributed by atoms with van der Waals surface area (Å²) >= 11 is 0. The highest BCUT2D eigenvalue weighted by atomic mass is 28.4. The molecule has 2 aliphatic carbocycles. The van der Waals surface area contributed by atoms with Gasteiger partial charge in [0.15, 0.2) is 28.1 Å².